The van der Waals surface area contributed by atoms with E-state index in [2.05, 4.69) is 25.2 Å². The van der Waals surface area contributed by atoms with Crippen molar-refractivity contribution in [1.29, 1.82) is 0 Å². The number of aryl methyl sites for hydroxylation is 2. The number of rotatable bonds is 3. The zero-order chi connectivity index (χ0) is 13.3. The van der Waals surface area contributed by atoms with E-state index >= 15 is 0 Å². The highest BCUT2D eigenvalue weighted by atomic mass is 35.5. The Hall–Kier alpha value is -0.580. The smallest absolute Gasteiger partial charge is 0.225 e. The highest BCUT2D eigenvalue weighted by Gasteiger charge is 2.31. The van der Waals surface area contributed by atoms with Gasteiger partial charge in [0, 0.05) is 15.8 Å². The maximum atomic E-state index is 12.2. The molecule has 0 radical (unpaired) electrons. The summed E-state index contributed by atoms with van der Waals surface area (Å²) in [5.41, 5.74) is 7.20. The first kappa shape index (κ1) is 16.5. The molecule has 3 N–H and O–H groups in total. The number of carbonyl (C=O) groups excluding carboxylic acids is 1. The molecule has 0 saturated heterocycles. The van der Waals surface area contributed by atoms with E-state index in [4.69, 9.17) is 5.73 Å². The summed E-state index contributed by atoms with van der Waals surface area (Å²) < 4.78 is 0. The minimum absolute atomic E-state index is 0. The van der Waals surface area contributed by atoms with Crippen LogP contribution in [0.5, 0.6) is 0 Å². The van der Waals surface area contributed by atoms with Crippen LogP contribution >= 0.6 is 23.7 Å². The molecule has 3 unspecified atom stereocenters. The van der Waals surface area contributed by atoms with E-state index in [1.807, 2.05) is 6.92 Å². The lowest BCUT2D eigenvalue weighted by atomic mass is 10.0. The van der Waals surface area contributed by atoms with E-state index in [1.54, 1.807) is 11.3 Å². The Balaban J connectivity index is 0.00000180. The molecule has 3 nitrogen and oxygen atoms in total. The number of hydrogen-bond donors (Lipinski definition) is 2. The average Bonchev–Trinajstić information content (AvgIpc) is 2.84. The molecule has 19 heavy (non-hydrogen) atoms. The maximum Gasteiger partial charge on any atom is 0.225 e. The molecule has 1 aromatic heterocycles. The van der Waals surface area contributed by atoms with Crippen LogP contribution < -0.4 is 11.1 Å². The lowest BCUT2D eigenvalue weighted by Crippen LogP contribution is -2.39. The number of nitrogens with two attached hydrogens (primary N) is 1. The molecule has 108 valence electrons. The molecule has 2 rings (SSSR count). The van der Waals surface area contributed by atoms with Gasteiger partial charge < -0.3 is 11.1 Å². The summed E-state index contributed by atoms with van der Waals surface area (Å²) >= 11 is 1.78. The standard InChI is InChI=1S/C14H22N2OS.ClH/c1-8-7-12(10(3)18-8)9(2)16-14(17)11-5-4-6-13(11)15;/h7,9,11,13H,4-6,15H2,1-3H3,(H,16,17);1H. The van der Waals surface area contributed by atoms with E-state index in [9.17, 15) is 4.79 Å². The summed E-state index contributed by atoms with van der Waals surface area (Å²) in [4.78, 5) is 14.8. The largest absolute Gasteiger partial charge is 0.349 e. The van der Waals surface area contributed by atoms with Crippen molar-refractivity contribution < 1.29 is 4.79 Å². The molecule has 5 heteroatoms. The van der Waals surface area contributed by atoms with Gasteiger partial charge in [-0.25, -0.2) is 0 Å². The molecule has 0 aromatic carbocycles. The lowest BCUT2D eigenvalue weighted by molar-refractivity contribution is -0.125. The third kappa shape index (κ3) is 3.71. The van der Waals surface area contributed by atoms with E-state index in [0.29, 0.717) is 0 Å². The summed E-state index contributed by atoms with van der Waals surface area (Å²) in [5, 5.41) is 3.11. The molecule has 1 amide bonds. The Morgan fingerprint density at radius 3 is 2.63 bits per heavy atom. The van der Waals surface area contributed by atoms with Gasteiger partial charge >= 0.3 is 0 Å². The Labute approximate surface area is 125 Å². The third-order valence-corrected chi connectivity index (χ3v) is 4.79. The first-order valence-corrected chi connectivity index (χ1v) is 7.43. The van der Waals surface area contributed by atoms with Crippen LogP contribution in [0.25, 0.3) is 0 Å². The highest BCUT2D eigenvalue weighted by Crippen LogP contribution is 2.28. The van der Waals surface area contributed by atoms with Crippen LogP contribution in [0.2, 0.25) is 0 Å². The van der Waals surface area contributed by atoms with E-state index in [-0.39, 0.29) is 36.3 Å². The number of halogens is 1. The molecule has 1 aromatic rings. The van der Waals surface area contributed by atoms with Gasteiger partial charge in [0.05, 0.1) is 12.0 Å². The van der Waals surface area contributed by atoms with Crippen molar-refractivity contribution in [3.63, 3.8) is 0 Å². The Morgan fingerprint density at radius 1 is 1.47 bits per heavy atom. The molecule has 1 heterocycles. The number of thiophene rings is 1. The molecule has 1 fully saturated rings. The minimum atomic E-state index is 0. The zero-order valence-electron chi connectivity index (χ0n) is 11.7. The number of carbonyl (C=O) groups is 1. The van der Waals surface area contributed by atoms with Crippen molar-refractivity contribution >= 4 is 29.7 Å². The molecular formula is C14H23ClN2OS. The SMILES string of the molecule is Cc1cc(C(C)NC(=O)C2CCCC2N)c(C)s1.Cl. The molecule has 1 aliphatic carbocycles. The Kier molecular flexibility index (Phi) is 5.83. The fourth-order valence-electron chi connectivity index (χ4n) is 2.79. The second-order valence-electron chi connectivity index (χ2n) is 5.30. The fraction of sp³-hybridized carbons (Fsp3) is 0.643. The van der Waals surface area contributed by atoms with Gasteiger partial charge in [0.25, 0.3) is 0 Å². The summed E-state index contributed by atoms with van der Waals surface area (Å²) in [5.74, 6) is 0.128. The second-order valence-corrected chi connectivity index (χ2v) is 6.76. The Bertz CT molecular complexity index is 447. The first-order valence-electron chi connectivity index (χ1n) is 6.62. The van der Waals surface area contributed by atoms with E-state index in [0.717, 1.165) is 19.3 Å². The zero-order valence-corrected chi connectivity index (χ0v) is 13.4. The van der Waals surface area contributed by atoms with Crippen LogP contribution in [0.1, 0.15) is 47.5 Å². The number of nitrogens with one attached hydrogen (secondary N) is 1. The van der Waals surface area contributed by atoms with Gasteiger partial charge in [0.2, 0.25) is 5.91 Å². The predicted octanol–water partition coefficient (Wildman–Crippen LogP) is 3.09. The highest BCUT2D eigenvalue weighted by molar-refractivity contribution is 7.12. The van der Waals surface area contributed by atoms with Crippen LogP contribution in [-0.2, 0) is 4.79 Å². The molecule has 1 saturated carbocycles. The summed E-state index contributed by atoms with van der Waals surface area (Å²) in [6.45, 7) is 6.26. The molecule has 1 aliphatic rings. The van der Waals surface area contributed by atoms with Crippen LogP contribution in [0, 0.1) is 19.8 Å². The van der Waals surface area contributed by atoms with Crippen molar-refractivity contribution in [2.45, 2.75) is 52.1 Å². The van der Waals surface area contributed by atoms with Crippen LogP contribution in [0.3, 0.4) is 0 Å². The number of amides is 1. The van der Waals surface area contributed by atoms with Gasteiger partial charge in [-0.2, -0.15) is 0 Å². The third-order valence-electron chi connectivity index (χ3n) is 3.81. The molecule has 0 bridgehead atoms. The summed E-state index contributed by atoms with van der Waals surface area (Å²) in [7, 11) is 0. The van der Waals surface area contributed by atoms with Crippen LogP contribution in [-0.4, -0.2) is 11.9 Å². The summed E-state index contributed by atoms with van der Waals surface area (Å²) in [6, 6.07) is 2.29. The predicted molar refractivity (Wildman–Crippen MR) is 82.9 cm³/mol. The molecule has 3 atom stereocenters. The summed E-state index contributed by atoms with van der Waals surface area (Å²) in [6.07, 6.45) is 2.98. The van der Waals surface area contributed by atoms with Gasteiger partial charge in [-0.15, -0.1) is 23.7 Å². The molecule has 0 spiro atoms. The minimum Gasteiger partial charge on any atom is -0.349 e. The van der Waals surface area contributed by atoms with Gasteiger partial charge in [0.1, 0.15) is 0 Å². The lowest BCUT2D eigenvalue weighted by Gasteiger charge is -2.19. The quantitative estimate of drug-likeness (QED) is 0.901. The van der Waals surface area contributed by atoms with Gasteiger partial charge in [-0.05, 0) is 45.2 Å². The van der Waals surface area contributed by atoms with Crippen molar-refractivity contribution in [3.8, 4) is 0 Å². The van der Waals surface area contributed by atoms with Crippen molar-refractivity contribution in [1.82, 2.24) is 5.32 Å². The average molecular weight is 303 g/mol. The number of hydrogen-bond acceptors (Lipinski definition) is 3. The van der Waals surface area contributed by atoms with E-state index < -0.39 is 0 Å². The van der Waals surface area contributed by atoms with E-state index in [1.165, 1.54) is 15.3 Å². The second kappa shape index (κ2) is 6.73. The normalized spacial score (nSPS) is 23.8. The van der Waals surface area contributed by atoms with Crippen molar-refractivity contribution in [2.24, 2.45) is 11.7 Å². The van der Waals surface area contributed by atoms with Crippen LogP contribution in [0.15, 0.2) is 6.07 Å². The van der Waals surface area contributed by atoms with Crippen molar-refractivity contribution in [2.75, 3.05) is 0 Å². The first-order chi connectivity index (χ1) is 8.49. The van der Waals surface area contributed by atoms with Crippen molar-refractivity contribution in [3.05, 3.63) is 21.4 Å². The van der Waals surface area contributed by atoms with Gasteiger partial charge in [-0.3, -0.25) is 4.79 Å². The Morgan fingerprint density at radius 2 is 2.16 bits per heavy atom. The maximum absolute atomic E-state index is 12.2. The fourth-order valence-corrected chi connectivity index (χ4v) is 3.82. The van der Waals surface area contributed by atoms with Crippen LogP contribution in [0.4, 0.5) is 0 Å². The molecular weight excluding hydrogens is 280 g/mol. The monoisotopic (exact) mass is 302 g/mol. The van der Waals surface area contributed by atoms with Gasteiger partial charge in [0.15, 0.2) is 0 Å². The van der Waals surface area contributed by atoms with Gasteiger partial charge in [-0.1, -0.05) is 6.42 Å². The molecule has 0 aliphatic heterocycles. The topological polar surface area (TPSA) is 55.1 Å².